The second-order valence-corrected chi connectivity index (χ2v) is 9.93. The van der Waals surface area contributed by atoms with E-state index in [1.807, 2.05) is 6.07 Å². The lowest BCUT2D eigenvalue weighted by Crippen LogP contribution is -2.56. The molecule has 164 valence electrons. The number of hydrogen-bond acceptors (Lipinski definition) is 11. The van der Waals surface area contributed by atoms with Gasteiger partial charge >= 0.3 is 0 Å². The van der Waals surface area contributed by atoms with Crippen LogP contribution in [0.4, 0.5) is 16.0 Å². The monoisotopic (exact) mass is 456 g/mol. The number of nitrogens with one attached hydrogen (secondary N) is 1. The molecule has 13 heteroatoms. The van der Waals surface area contributed by atoms with Crippen LogP contribution in [0.1, 0.15) is 25.0 Å². The Morgan fingerprint density at radius 3 is 2.66 bits per heavy atom. The molecule has 0 aromatic carbocycles. The molecule has 0 spiro atoms. The van der Waals surface area contributed by atoms with Gasteiger partial charge in [0.15, 0.2) is 15.7 Å². The van der Waals surface area contributed by atoms with Gasteiger partial charge in [-0.1, -0.05) is 0 Å². The molecule has 1 aliphatic heterocycles. The summed E-state index contributed by atoms with van der Waals surface area (Å²) >= 11 is 0. The number of halogens is 1. The average molecular weight is 456 g/mol. The van der Waals surface area contributed by atoms with E-state index in [9.17, 15) is 17.9 Å². The maximum absolute atomic E-state index is 14.7. The largest absolute Gasteiger partial charge is 0.384 e. The third-order valence-corrected chi connectivity index (χ3v) is 7.57. The topological polar surface area (TPSA) is 180 Å². The lowest BCUT2D eigenvalue weighted by molar-refractivity contribution is 0.204. The Labute approximate surface area is 181 Å². The summed E-state index contributed by atoms with van der Waals surface area (Å²) < 4.78 is 39.9. The summed E-state index contributed by atoms with van der Waals surface area (Å²) in [4.78, 5) is 18.1. The van der Waals surface area contributed by atoms with Gasteiger partial charge in [-0.3, -0.25) is 4.99 Å². The number of aliphatic imine (C=N–C) groups is 1. The van der Waals surface area contributed by atoms with Gasteiger partial charge < -0.3 is 16.2 Å². The van der Waals surface area contributed by atoms with Crippen molar-refractivity contribution < 1.29 is 17.9 Å². The summed E-state index contributed by atoms with van der Waals surface area (Å²) in [6.07, 6.45) is 3.54. The molecule has 0 aliphatic carbocycles. The molecule has 0 unspecified atom stereocenters. The molecule has 0 saturated carbocycles. The fourth-order valence-electron chi connectivity index (χ4n) is 3.35. The van der Waals surface area contributed by atoms with Gasteiger partial charge in [0.1, 0.15) is 40.9 Å². The zero-order valence-corrected chi connectivity index (χ0v) is 17.7. The second-order valence-electron chi connectivity index (χ2n) is 7.61. The number of hydrogen-bond donors (Lipinski definition) is 3. The molecule has 0 radical (unpaired) electrons. The summed E-state index contributed by atoms with van der Waals surface area (Å²) in [5, 5.41) is 22.1. The Bertz CT molecular complexity index is 1430. The molecule has 0 saturated heterocycles. The molecule has 4 heterocycles. The van der Waals surface area contributed by atoms with Crippen molar-refractivity contribution in [1.29, 1.82) is 5.26 Å². The first-order valence-electron chi connectivity index (χ1n) is 9.21. The van der Waals surface area contributed by atoms with Crippen molar-refractivity contribution >= 4 is 38.3 Å². The molecular formula is C19H17FN8O3S. The van der Waals surface area contributed by atoms with Gasteiger partial charge in [-0.15, -0.1) is 0 Å². The number of aliphatic hydroxyl groups is 1. The van der Waals surface area contributed by atoms with Gasteiger partial charge in [0.25, 0.3) is 0 Å². The van der Waals surface area contributed by atoms with Gasteiger partial charge in [0.05, 0.1) is 23.0 Å². The third kappa shape index (κ3) is 3.39. The van der Waals surface area contributed by atoms with Gasteiger partial charge in [-0.2, -0.15) is 5.26 Å². The molecule has 2 atom stereocenters. The van der Waals surface area contributed by atoms with Gasteiger partial charge in [0.2, 0.25) is 4.93 Å². The minimum atomic E-state index is -4.15. The summed E-state index contributed by atoms with van der Waals surface area (Å²) in [5.74, 6) is -1.61. The Balaban J connectivity index is 1.78. The van der Waals surface area contributed by atoms with E-state index in [2.05, 4.69) is 30.2 Å². The molecule has 3 aromatic heterocycles. The quantitative estimate of drug-likeness (QED) is 0.512. The Kier molecular flexibility index (Phi) is 4.79. The third-order valence-electron chi connectivity index (χ3n) is 5.21. The predicted molar refractivity (Wildman–Crippen MR) is 113 cm³/mol. The summed E-state index contributed by atoms with van der Waals surface area (Å²) in [6.45, 7) is 2.43. The Hall–Kier alpha value is -3.76. The van der Waals surface area contributed by atoms with Crippen LogP contribution in [0.2, 0.25) is 0 Å². The standard InChI is InChI=1S/C19H17FN8O3S/c1-18(8-32(30,31)19(2,29)17(22)28-18)11-4-14(23-7-12(11)20)27-16-15-13(25-9-26-16)3-10(5-21)6-24-15/h3-4,6-7,9,29H,8H2,1-2H3,(H2,22,28)(H,23,25,26,27)/t18-,19+/m0/s1. The van der Waals surface area contributed by atoms with Crippen LogP contribution >= 0.6 is 0 Å². The maximum Gasteiger partial charge on any atom is 0.220 e. The first-order chi connectivity index (χ1) is 15.0. The summed E-state index contributed by atoms with van der Waals surface area (Å²) in [5.41, 5.74) is 5.12. The van der Waals surface area contributed by atoms with Crippen molar-refractivity contribution in [3.05, 3.63) is 47.8 Å². The van der Waals surface area contributed by atoms with E-state index in [4.69, 9.17) is 11.0 Å². The number of aromatic nitrogens is 4. The summed E-state index contributed by atoms with van der Waals surface area (Å²) in [6, 6.07) is 4.80. The zero-order chi connectivity index (χ0) is 23.3. The number of fused-ring (bicyclic) bond motifs is 1. The SMILES string of the molecule is C[C@]1(O)C(N)=N[C@](C)(c2cc(Nc3ncnc4cc(C#N)cnc34)ncc2F)CS1(=O)=O. The van der Waals surface area contributed by atoms with Crippen LogP contribution in [0.25, 0.3) is 11.0 Å². The summed E-state index contributed by atoms with van der Waals surface area (Å²) in [7, 11) is -4.15. The second kappa shape index (κ2) is 7.14. The molecule has 1 aliphatic rings. The normalized spacial score (nSPS) is 24.5. The fourth-order valence-corrected chi connectivity index (χ4v) is 4.95. The predicted octanol–water partition coefficient (Wildman–Crippen LogP) is 0.883. The van der Waals surface area contributed by atoms with E-state index < -0.39 is 37.7 Å². The number of nitrogens with zero attached hydrogens (tertiary/aromatic N) is 6. The lowest BCUT2D eigenvalue weighted by Gasteiger charge is -2.36. The van der Waals surface area contributed by atoms with Crippen molar-refractivity contribution in [2.45, 2.75) is 24.3 Å². The van der Waals surface area contributed by atoms with Crippen LogP contribution in [0.3, 0.4) is 0 Å². The number of pyridine rings is 2. The van der Waals surface area contributed by atoms with Crippen LogP contribution in [0, 0.1) is 17.1 Å². The van der Waals surface area contributed by atoms with E-state index in [0.717, 1.165) is 13.1 Å². The zero-order valence-electron chi connectivity index (χ0n) is 16.9. The van der Waals surface area contributed by atoms with E-state index in [0.29, 0.717) is 16.6 Å². The molecule has 11 nitrogen and oxygen atoms in total. The number of sulfone groups is 1. The van der Waals surface area contributed by atoms with Crippen molar-refractivity contribution in [3.63, 3.8) is 0 Å². The van der Waals surface area contributed by atoms with Gasteiger partial charge in [-0.25, -0.2) is 32.7 Å². The molecule has 0 bridgehead atoms. The molecule has 3 aromatic rings. The van der Waals surface area contributed by atoms with Crippen molar-refractivity contribution in [2.24, 2.45) is 10.7 Å². The van der Waals surface area contributed by atoms with Gasteiger partial charge in [-0.05, 0) is 26.0 Å². The van der Waals surface area contributed by atoms with E-state index in [1.54, 1.807) is 0 Å². The molecule has 4 N–H and O–H groups in total. The van der Waals surface area contributed by atoms with Gasteiger partial charge in [0, 0.05) is 11.8 Å². The van der Waals surface area contributed by atoms with Crippen molar-refractivity contribution in [2.75, 3.05) is 11.1 Å². The minimum Gasteiger partial charge on any atom is -0.384 e. The number of nitriles is 1. The minimum absolute atomic E-state index is 0.0879. The van der Waals surface area contributed by atoms with Crippen LogP contribution in [0.15, 0.2) is 35.8 Å². The highest BCUT2D eigenvalue weighted by atomic mass is 32.2. The number of anilines is 2. The van der Waals surface area contributed by atoms with E-state index >= 15 is 0 Å². The van der Waals surface area contributed by atoms with Crippen molar-refractivity contribution in [3.8, 4) is 6.07 Å². The fraction of sp³-hybridized carbons (Fsp3) is 0.263. The van der Waals surface area contributed by atoms with Crippen LogP contribution < -0.4 is 11.1 Å². The molecule has 4 rings (SSSR count). The smallest absolute Gasteiger partial charge is 0.220 e. The Morgan fingerprint density at radius 1 is 1.22 bits per heavy atom. The van der Waals surface area contributed by atoms with E-state index in [-0.39, 0.29) is 17.2 Å². The number of amidine groups is 1. The lowest BCUT2D eigenvalue weighted by atomic mass is 9.94. The first kappa shape index (κ1) is 21.5. The van der Waals surface area contributed by atoms with Crippen LogP contribution in [0.5, 0.6) is 0 Å². The van der Waals surface area contributed by atoms with E-state index in [1.165, 1.54) is 31.6 Å². The van der Waals surface area contributed by atoms with Crippen LogP contribution in [-0.4, -0.2) is 50.0 Å². The molecule has 0 fully saturated rings. The molecule has 0 amide bonds. The number of nitrogens with two attached hydrogens (primary N) is 1. The molecular weight excluding hydrogens is 439 g/mol. The number of rotatable bonds is 3. The Morgan fingerprint density at radius 2 is 1.97 bits per heavy atom. The average Bonchev–Trinajstić information content (AvgIpc) is 2.73. The highest BCUT2D eigenvalue weighted by molar-refractivity contribution is 7.93. The highest BCUT2D eigenvalue weighted by Crippen LogP contribution is 2.37. The van der Waals surface area contributed by atoms with Crippen LogP contribution in [-0.2, 0) is 15.4 Å². The highest BCUT2D eigenvalue weighted by Gasteiger charge is 2.51. The molecule has 32 heavy (non-hydrogen) atoms. The van der Waals surface area contributed by atoms with Crippen molar-refractivity contribution in [1.82, 2.24) is 19.9 Å². The first-order valence-corrected chi connectivity index (χ1v) is 10.9. The maximum atomic E-state index is 14.7.